The van der Waals surface area contributed by atoms with Gasteiger partial charge in [0.25, 0.3) is 0 Å². The van der Waals surface area contributed by atoms with Crippen LogP contribution in [0.4, 0.5) is 26.4 Å². The van der Waals surface area contributed by atoms with Crippen LogP contribution in [0.15, 0.2) is 18.2 Å². The molecule has 7 nitrogen and oxygen atoms in total. The van der Waals surface area contributed by atoms with E-state index in [1.807, 2.05) is 0 Å². The number of rotatable bonds is 4. The van der Waals surface area contributed by atoms with Gasteiger partial charge in [0.2, 0.25) is 11.9 Å². The van der Waals surface area contributed by atoms with E-state index in [1.165, 1.54) is 13.2 Å². The number of benzene rings is 1. The van der Waals surface area contributed by atoms with Crippen LogP contribution >= 0.6 is 0 Å². The molecular weight excluding hydrogens is 258 g/mol. The normalized spacial score (nSPS) is 10.1. The third-order valence-electron chi connectivity index (χ3n) is 2.10. The SMILES string of the molecule is COc1nc(NN)nc(Nc2ccc(F)cc2F)n1. The summed E-state index contributed by atoms with van der Waals surface area (Å²) >= 11 is 0. The molecule has 2 rings (SSSR count). The maximum absolute atomic E-state index is 13.5. The number of nitrogens with one attached hydrogen (secondary N) is 2. The van der Waals surface area contributed by atoms with E-state index in [-0.39, 0.29) is 23.6 Å². The monoisotopic (exact) mass is 268 g/mol. The fraction of sp³-hybridized carbons (Fsp3) is 0.100. The molecule has 0 atom stereocenters. The maximum Gasteiger partial charge on any atom is 0.322 e. The molecule has 0 saturated carbocycles. The average Bonchev–Trinajstić information content (AvgIpc) is 2.41. The number of nitrogen functional groups attached to an aromatic ring is 1. The number of nitrogens with two attached hydrogens (primary N) is 1. The van der Waals surface area contributed by atoms with E-state index in [2.05, 4.69) is 25.7 Å². The molecule has 4 N–H and O–H groups in total. The number of hydrogen-bond donors (Lipinski definition) is 3. The number of hydrogen-bond acceptors (Lipinski definition) is 7. The molecular formula is C10H10F2N6O. The fourth-order valence-electron chi connectivity index (χ4n) is 1.28. The molecule has 1 aromatic carbocycles. The largest absolute Gasteiger partial charge is 0.467 e. The van der Waals surface area contributed by atoms with Crippen molar-refractivity contribution in [2.24, 2.45) is 5.84 Å². The van der Waals surface area contributed by atoms with Crippen molar-refractivity contribution in [2.45, 2.75) is 0 Å². The zero-order chi connectivity index (χ0) is 13.8. The first kappa shape index (κ1) is 12.9. The molecule has 100 valence electrons. The zero-order valence-corrected chi connectivity index (χ0v) is 9.82. The van der Waals surface area contributed by atoms with Gasteiger partial charge in [-0.1, -0.05) is 0 Å². The summed E-state index contributed by atoms with van der Waals surface area (Å²) in [5, 5.41) is 2.57. The molecule has 2 aromatic rings. The number of ether oxygens (including phenoxy) is 1. The van der Waals surface area contributed by atoms with Crippen molar-refractivity contribution in [3.63, 3.8) is 0 Å². The first-order chi connectivity index (χ1) is 9.12. The minimum Gasteiger partial charge on any atom is -0.467 e. The van der Waals surface area contributed by atoms with Gasteiger partial charge in [-0.2, -0.15) is 15.0 Å². The molecule has 0 unspecified atom stereocenters. The van der Waals surface area contributed by atoms with E-state index in [4.69, 9.17) is 10.6 Å². The molecule has 1 aromatic heterocycles. The molecule has 19 heavy (non-hydrogen) atoms. The molecule has 0 amide bonds. The maximum atomic E-state index is 13.5. The summed E-state index contributed by atoms with van der Waals surface area (Å²) in [5.41, 5.74) is 2.23. The quantitative estimate of drug-likeness (QED) is 0.566. The number of aromatic nitrogens is 3. The Hall–Kier alpha value is -2.55. The standard InChI is InChI=1S/C10H10F2N6O/c1-19-10-16-8(15-9(17-10)18-13)14-7-3-2-5(11)4-6(7)12/h2-4H,13H2,1H3,(H2,14,15,16,17,18). The van der Waals surface area contributed by atoms with Crippen LogP contribution in [0.2, 0.25) is 0 Å². The Balaban J connectivity index is 2.31. The van der Waals surface area contributed by atoms with Gasteiger partial charge in [-0.3, -0.25) is 5.43 Å². The van der Waals surface area contributed by atoms with E-state index in [1.54, 1.807) is 0 Å². The van der Waals surface area contributed by atoms with Crippen LogP contribution < -0.4 is 21.3 Å². The predicted molar refractivity (Wildman–Crippen MR) is 63.8 cm³/mol. The lowest BCUT2D eigenvalue weighted by Gasteiger charge is -2.08. The summed E-state index contributed by atoms with van der Waals surface area (Å²) in [6.45, 7) is 0. The Morgan fingerprint density at radius 2 is 1.89 bits per heavy atom. The van der Waals surface area contributed by atoms with Gasteiger partial charge in [0.05, 0.1) is 12.8 Å². The Labute approximate surface area is 106 Å². The van der Waals surface area contributed by atoms with Crippen molar-refractivity contribution in [1.29, 1.82) is 0 Å². The van der Waals surface area contributed by atoms with Crippen LogP contribution in [0, 0.1) is 11.6 Å². The average molecular weight is 268 g/mol. The second-order valence-electron chi connectivity index (χ2n) is 3.36. The highest BCUT2D eigenvalue weighted by molar-refractivity contribution is 5.55. The summed E-state index contributed by atoms with van der Waals surface area (Å²) in [4.78, 5) is 11.5. The van der Waals surface area contributed by atoms with Crippen molar-refractivity contribution in [2.75, 3.05) is 17.9 Å². The topological polar surface area (TPSA) is 98.0 Å². The van der Waals surface area contributed by atoms with Gasteiger partial charge in [-0.25, -0.2) is 14.6 Å². The molecule has 0 radical (unpaired) electrons. The lowest BCUT2D eigenvalue weighted by atomic mass is 10.3. The number of nitrogens with zero attached hydrogens (tertiary/aromatic N) is 3. The van der Waals surface area contributed by atoms with E-state index in [0.717, 1.165) is 12.1 Å². The predicted octanol–water partition coefficient (Wildman–Crippen LogP) is 1.19. The van der Waals surface area contributed by atoms with Crippen molar-refractivity contribution >= 4 is 17.6 Å². The highest BCUT2D eigenvalue weighted by Crippen LogP contribution is 2.20. The van der Waals surface area contributed by atoms with Crippen LogP contribution in [0.5, 0.6) is 6.01 Å². The number of methoxy groups -OCH3 is 1. The van der Waals surface area contributed by atoms with Gasteiger partial charge in [-0.05, 0) is 12.1 Å². The smallest absolute Gasteiger partial charge is 0.322 e. The van der Waals surface area contributed by atoms with E-state index >= 15 is 0 Å². The molecule has 0 saturated heterocycles. The highest BCUT2D eigenvalue weighted by Gasteiger charge is 2.09. The van der Waals surface area contributed by atoms with Crippen LogP contribution in [-0.2, 0) is 0 Å². The van der Waals surface area contributed by atoms with Gasteiger partial charge in [0.15, 0.2) is 0 Å². The van der Waals surface area contributed by atoms with Crippen molar-refractivity contribution in [3.05, 3.63) is 29.8 Å². The zero-order valence-electron chi connectivity index (χ0n) is 9.82. The lowest BCUT2D eigenvalue weighted by Crippen LogP contribution is -2.13. The first-order valence-electron chi connectivity index (χ1n) is 5.11. The van der Waals surface area contributed by atoms with Crippen LogP contribution in [0.3, 0.4) is 0 Å². The second-order valence-corrected chi connectivity index (χ2v) is 3.36. The molecule has 1 heterocycles. The molecule has 9 heteroatoms. The molecule has 0 aliphatic carbocycles. The first-order valence-corrected chi connectivity index (χ1v) is 5.11. The van der Waals surface area contributed by atoms with E-state index in [0.29, 0.717) is 0 Å². The minimum atomic E-state index is -0.776. The number of anilines is 3. The van der Waals surface area contributed by atoms with Gasteiger partial charge in [-0.15, -0.1) is 0 Å². The minimum absolute atomic E-state index is 0.00491. The van der Waals surface area contributed by atoms with Gasteiger partial charge in [0, 0.05) is 6.07 Å². The number of hydrazine groups is 1. The van der Waals surface area contributed by atoms with Crippen molar-refractivity contribution < 1.29 is 13.5 Å². The molecule has 0 fully saturated rings. The second kappa shape index (κ2) is 5.40. The summed E-state index contributed by atoms with van der Waals surface area (Å²) in [6.07, 6.45) is 0. The fourth-order valence-corrected chi connectivity index (χ4v) is 1.28. The van der Waals surface area contributed by atoms with Crippen LogP contribution in [-0.4, -0.2) is 22.1 Å². The summed E-state index contributed by atoms with van der Waals surface area (Å²) in [7, 11) is 1.36. The van der Waals surface area contributed by atoms with Gasteiger partial charge >= 0.3 is 6.01 Å². The Kier molecular flexibility index (Phi) is 3.66. The molecule has 0 aliphatic heterocycles. The molecule has 0 bridgehead atoms. The van der Waals surface area contributed by atoms with Gasteiger partial charge in [0.1, 0.15) is 11.6 Å². The highest BCUT2D eigenvalue weighted by atomic mass is 19.1. The Morgan fingerprint density at radius 3 is 2.53 bits per heavy atom. The summed E-state index contributed by atoms with van der Waals surface area (Å²) in [5.74, 6) is 3.76. The van der Waals surface area contributed by atoms with Crippen molar-refractivity contribution in [3.8, 4) is 6.01 Å². The Bertz CT molecular complexity index is 572. The van der Waals surface area contributed by atoms with E-state index < -0.39 is 11.6 Å². The molecule has 0 aliphatic rings. The van der Waals surface area contributed by atoms with Crippen LogP contribution in [0.25, 0.3) is 0 Å². The van der Waals surface area contributed by atoms with Gasteiger partial charge < -0.3 is 10.1 Å². The Morgan fingerprint density at radius 1 is 1.16 bits per heavy atom. The third kappa shape index (κ3) is 3.01. The summed E-state index contributed by atoms with van der Waals surface area (Å²) < 4.78 is 31.1. The molecule has 0 spiro atoms. The van der Waals surface area contributed by atoms with Crippen molar-refractivity contribution in [1.82, 2.24) is 15.0 Å². The van der Waals surface area contributed by atoms with Crippen LogP contribution in [0.1, 0.15) is 0 Å². The summed E-state index contributed by atoms with van der Waals surface area (Å²) in [6, 6.07) is 3.05. The van der Waals surface area contributed by atoms with E-state index in [9.17, 15) is 8.78 Å². The number of halogens is 2. The third-order valence-corrected chi connectivity index (χ3v) is 2.10. The lowest BCUT2D eigenvalue weighted by molar-refractivity contribution is 0.379.